The molecule has 0 aromatic rings. The molecule has 2 heterocycles. The molecule has 0 aromatic carbocycles. The Bertz CT molecular complexity index is 462. The highest BCUT2D eigenvalue weighted by atomic mass is 28.4. The van der Waals surface area contributed by atoms with Gasteiger partial charge in [0.05, 0.1) is 26.4 Å². The van der Waals surface area contributed by atoms with Gasteiger partial charge in [-0.1, -0.05) is 6.92 Å². The van der Waals surface area contributed by atoms with E-state index in [9.17, 15) is 0 Å². The van der Waals surface area contributed by atoms with Crippen molar-refractivity contribution < 1.29 is 37.3 Å². The van der Waals surface area contributed by atoms with Crippen LogP contribution in [0.2, 0.25) is 12.6 Å². The van der Waals surface area contributed by atoms with Crippen molar-refractivity contribution >= 4 is 8.56 Å². The van der Waals surface area contributed by atoms with Crippen molar-refractivity contribution in [3.63, 3.8) is 0 Å². The number of epoxide rings is 2. The zero-order valence-electron chi connectivity index (χ0n) is 19.5. The van der Waals surface area contributed by atoms with Gasteiger partial charge in [0.25, 0.3) is 0 Å². The first-order chi connectivity index (χ1) is 14.4. The first-order valence-electron chi connectivity index (χ1n) is 11.3. The maximum atomic E-state index is 6.65. The minimum absolute atomic E-state index is 0.156. The Hall–Kier alpha value is -0.103. The Kier molecular flexibility index (Phi) is 11.7. The first-order valence-corrected chi connectivity index (χ1v) is 13.8. The van der Waals surface area contributed by atoms with E-state index in [0.717, 1.165) is 38.5 Å². The van der Waals surface area contributed by atoms with Crippen LogP contribution in [0.5, 0.6) is 0 Å². The second-order valence-electron chi connectivity index (χ2n) is 8.44. The summed E-state index contributed by atoms with van der Waals surface area (Å²) >= 11 is 0. The summed E-state index contributed by atoms with van der Waals surface area (Å²) in [6.45, 7) is 13.5. The molecule has 2 aliphatic heterocycles. The third-order valence-corrected chi connectivity index (χ3v) is 8.48. The van der Waals surface area contributed by atoms with E-state index in [-0.39, 0.29) is 12.7 Å². The van der Waals surface area contributed by atoms with Gasteiger partial charge in [0.15, 0.2) is 5.79 Å². The fraction of sp³-hybridized carbons (Fsp3) is 1.00. The normalized spacial score (nSPS) is 25.5. The van der Waals surface area contributed by atoms with E-state index in [4.69, 9.17) is 37.3 Å². The molecule has 30 heavy (non-hydrogen) atoms. The number of hydrogen-bond acceptors (Lipinski definition) is 8. The quantitative estimate of drug-likeness (QED) is 0.121. The zero-order chi connectivity index (χ0) is 21.9. The molecule has 8 nitrogen and oxygen atoms in total. The number of ether oxygens (including phenoxy) is 6. The van der Waals surface area contributed by atoms with Crippen LogP contribution in [0.25, 0.3) is 0 Å². The molecule has 5 unspecified atom stereocenters. The highest BCUT2D eigenvalue weighted by molar-refractivity contribution is 6.66. The van der Waals surface area contributed by atoms with Gasteiger partial charge >= 0.3 is 8.56 Å². The third-order valence-electron chi connectivity index (χ3n) is 5.48. The lowest BCUT2D eigenvalue weighted by molar-refractivity contribution is -0.253. The molecule has 0 amide bonds. The van der Waals surface area contributed by atoms with Crippen LogP contribution >= 0.6 is 0 Å². The fourth-order valence-electron chi connectivity index (χ4n) is 3.34. The van der Waals surface area contributed by atoms with Crippen molar-refractivity contribution in [3.05, 3.63) is 0 Å². The van der Waals surface area contributed by atoms with E-state index in [1.807, 2.05) is 13.8 Å². The molecule has 178 valence electrons. The largest absolute Gasteiger partial charge is 0.395 e. The highest BCUT2D eigenvalue weighted by Crippen LogP contribution is 2.33. The molecule has 2 saturated heterocycles. The van der Waals surface area contributed by atoms with Crippen molar-refractivity contribution in [3.8, 4) is 0 Å². The van der Waals surface area contributed by atoms with Gasteiger partial charge in [-0.3, -0.25) is 0 Å². The fourth-order valence-corrected chi connectivity index (χ4v) is 6.16. The van der Waals surface area contributed by atoms with Crippen LogP contribution in [0.4, 0.5) is 0 Å². The van der Waals surface area contributed by atoms with E-state index in [0.29, 0.717) is 45.2 Å². The second-order valence-corrected chi connectivity index (χ2v) is 11.7. The summed E-state index contributed by atoms with van der Waals surface area (Å²) in [5.74, 6) is -0.627. The zero-order valence-corrected chi connectivity index (χ0v) is 20.5. The lowest BCUT2D eigenvalue weighted by Gasteiger charge is -2.42. The molecule has 0 saturated carbocycles. The minimum atomic E-state index is -2.46. The summed E-state index contributed by atoms with van der Waals surface area (Å²) in [6, 6.07) is 0.843. The van der Waals surface area contributed by atoms with E-state index in [1.165, 1.54) is 0 Å². The Morgan fingerprint density at radius 2 is 1.67 bits per heavy atom. The van der Waals surface area contributed by atoms with Gasteiger partial charge in [0, 0.05) is 32.8 Å². The molecule has 0 aromatic heterocycles. The Labute approximate surface area is 183 Å². The van der Waals surface area contributed by atoms with E-state index < -0.39 is 14.3 Å². The van der Waals surface area contributed by atoms with E-state index in [1.54, 1.807) is 7.11 Å². The lowest BCUT2D eigenvalue weighted by Crippen LogP contribution is -2.52. The molecule has 0 spiro atoms. The molecule has 2 aliphatic rings. The molecule has 0 radical (unpaired) electrons. The maximum absolute atomic E-state index is 6.65. The molecule has 2 rings (SSSR count). The van der Waals surface area contributed by atoms with Gasteiger partial charge in [0.2, 0.25) is 0 Å². The van der Waals surface area contributed by atoms with Crippen LogP contribution in [0.15, 0.2) is 0 Å². The van der Waals surface area contributed by atoms with Crippen molar-refractivity contribution in [2.24, 2.45) is 5.92 Å². The third kappa shape index (κ3) is 10.5. The van der Waals surface area contributed by atoms with Crippen molar-refractivity contribution in [2.75, 3.05) is 60.2 Å². The summed E-state index contributed by atoms with van der Waals surface area (Å²) in [5.41, 5.74) is 0. The molecule has 0 aliphatic carbocycles. The van der Waals surface area contributed by atoms with Crippen molar-refractivity contribution in [2.45, 2.75) is 70.6 Å². The van der Waals surface area contributed by atoms with Gasteiger partial charge in [-0.2, -0.15) is 0 Å². The molecule has 9 heteroatoms. The minimum Gasteiger partial charge on any atom is -0.395 e. The van der Waals surface area contributed by atoms with Gasteiger partial charge < -0.3 is 37.3 Å². The van der Waals surface area contributed by atoms with Crippen LogP contribution in [-0.4, -0.2) is 86.7 Å². The monoisotopic (exact) mass is 450 g/mol. The Morgan fingerprint density at radius 1 is 1.07 bits per heavy atom. The maximum Gasteiger partial charge on any atom is 0.337 e. The van der Waals surface area contributed by atoms with Crippen LogP contribution in [0.1, 0.15) is 40.0 Å². The van der Waals surface area contributed by atoms with E-state index in [2.05, 4.69) is 13.5 Å². The van der Waals surface area contributed by atoms with Gasteiger partial charge in [-0.15, -0.1) is 0 Å². The summed E-state index contributed by atoms with van der Waals surface area (Å²) in [7, 11) is -0.836. The summed E-state index contributed by atoms with van der Waals surface area (Å²) in [4.78, 5) is 0. The Morgan fingerprint density at radius 3 is 2.20 bits per heavy atom. The number of hydrogen-bond donors (Lipinski definition) is 0. The van der Waals surface area contributed by atoms with Crippen molar-refractivity contribution in [1.82, 2.24) is 0 Å². The van der Waals surface area contributed by atoms with Crippen LogP contribution in [0.3, 0.4) is 0 Å². The molecular formula is C21H42O8Si. The SMILES string of the molecule is CCO[Si](C)(CCCOCC1CO1)OC(C)(OCOC)C(C)CCCOCC1CO1. The van der Waals surface area contributed by atoms with Crippen LogP contribution in [-0.2, 0) is 37.3 Å². The summed E-state index contributed by atoms with van der Waals surface area (Å²) in [6.07, 6.45) is 3.35. The topological polar surface area (TPSA) is 80.4 Å². The molecule has 2 fully saturated rings. The van der Waals surface area contributed by atoms with Gasteiger partial charge in [-0.05, 0) is 45.7 Å². The number of rotatable bonds is 20. The predicted molar refractivity (Wildman–Crippen MR) is 115 cm³/mol. The van der Waals surface area contributed by atoms with Crippen LogP contribution in [0, 0.1) is 5.92 Å². The predicted octanol–water partition coefficient (Wildman–Crippen LogP) is 3.09. The standard InChI is InChI=1S/C21H42O8Si/c1-6-28-30(5,12-8-11-24-14-20-16-26-20)29-21(3,27-17-22-4)18(2)9-7-10-23-13-19-15-25-19/h18-20H,6-17H2,1-5H3. The van der Waals surface area contributed by atoms with Crippen LogP contribution < -0.4 is 0 Å². The lowest BCUT2D eigenvalue weighted by atomic mass is 9.97. The second kappa shape index (κ2) is 13.4. The van der Waals surface area contributed by atoms with E-state index >= 15 is 0 Å². The molecule has 0 bridgehead atoms. The van der Waals surface area contributed by atoms with Gasteiger partial charge in [-0.25, -0.2) is 0 Å². The van der Waals surface area contributed by atoms with Crippen molar-refractivity contribution in [1.29, 1.82) is 0 Å². The molecule has 0 N–H and O–H groups in total. The average molecular weight is 451 g/mol. The first kappa shape index (κ1) is 26.2. The molecular weight excluding hydrogens is 408 g/mol. The number of methoxy groups -OCH3 is 1. The average Bonchev–Trinajstić information content (AvgIpc) is 3.61. The summed E-state index contributed by atoms with van der Waals surface area (Å²) < 4.78 is 45.7. The molecule has 5 atom stereocenters. The highest BCUT2D eigenvalue weighted by Gasteiger charge is 2.43. The Balaban J connectivity index is 1.81. The van der Waals surface area contributed by atoms with Gasteiger partial charge in [0.1, 0.15) is 19.0 Å². The summed E-state index contributed by atoms with van der Waals surface area (Å²) in [5, 5.41) is 0. The smallest absolute Gasteiger partial charge is 0.337 e.